The van der Waals surface area contributed by atoms with Crippen molar-refractivity contribution in [1.29, 1.82) is 0 Å². The number of piperidine rings is 1. The number of alkyl halides is 3. The standard InChI is InChI=1S/C17H25F3N6O/c1-2-21-15(23-9-13-22-5-7-25(13)12-17(18,19)20)26-6-3-4-16(11-26)8-14(27)24-10-16/h5,7H,2-4,6,8-12H2,1H3,(H,21,23)(H,24,27). The van der Waals surface area contributed by atoms with Crippen molar-refractivity contribution in [2.75, 3.05) is 26.2 Å². The number of nitrogens with zero attached hydrogens (tertiary/aromatic N) is 4. The van der Waals surface area contributed by atoms with Crippen molar-refractivity contribution in [2.45, 2.75) is 45.5 Å². The third-order valence-electron chi connectivity index (χ3n) is 5.01. The molecule has 2 N–H and O–H groups in total. The highest BCUT2D eigenvalue weighted by Crippen LogP contribution is 2.36. The highest BCUT2D eigenvalue weighted by atomic mass is 19.4. The summed E-state index contributed by atoms with van der Waals surface area (Å²) in [4.78, 5) is 22.3. The highest BCUT2D eigenvalue weighted by Gasteiger charge is 2.42. The van der Waals surface area contributed by atoms with Gasteiger partial charge in [0, 0.05) is 50.4 Å². The van der Waals surface area contributed by atoms with E-state index >= 15 is 0 Å². The summed E-state index contributed by atoms with van der Waals surface area (Å²) in [7, 11) is 0. The average Bonchev–Trinajstić information content (AvgIpc) is 3.16. The molecule has 1 amide bonds. The molecule has 0 saturated carbocycles. The molecule has 10 heteroatoms. The number of hydrogen-bond donors (Lipinski definition) is 2. The van der Waals surface area contributed by atoms with Crippen LogP contribution in [0.4, 0.5) is 13.2 Å². The molecule has 0 aliphatic carbocycles. The third-order valence-corrected chi connectivity index (χ3v) is 5.01. The van der Waals surface area contributed by atoms with Gasteiger partial charge in [-0.3, -0.25) is 4.79 Å². The number of nitrogens with one attached hydrogen (secondary N) is 2. The first kappa shape index (κ1) is 19.5. The minimum atomic E-state index is -4.30. The number of rotatable bonds is 4. The maximum absolute atomic E-state index is 12.7. The second kappa shape index (κ2) is 7.77. The summed E-state index contributed by atoms with van der Waals surface area (Å²) in [6.45, 7) is 3.75. The van der Waals surface area contributed by atoms with Crippen molar-refractivity contribution in [3.8, 4) is 0 Å². The van der Waals surface area contributed by atoms with Crippen molar-refractivity contribution < 1.29 is 18.0 Å². The molecule has 2 aliphatic rings. The van der Waals surface area contributed by atoms with Gasteiger partial charge < -0.3 is 20.1 Å². The number of amides is 1. The Balaban J connectivity index is 1.72. The van der Waals surface area contributed by atoms with E-state index in [1.807, 2.05) is 6.92 Å². The molecule has 2 aliphatic heterocycles. The predicted octanol–water partition coefficient (Wildman–Crippen LogP) is 1.51. The smallest absolute Gasteiger partial charge is 0.357 e. The molecule has 1 aromatic heterocycles. The lowest BCUT2D eigenvalue weighted by Gasteiger charge is -2.40. The number of aliphatic imine (C=N–C) groups is 1. The van der Waals surface area contributed by atoms with Gasteiger partial charge in [0.25, 0.3) is 0 Å². The fourth-order valence-electron chi connectivity index (χ4n) is 3.83. The van der Waals surface area contributed by atoms with Crippen LogP contribution in [0.5, 0.6) is 0 Å². The lowest BCUT2D eigenvalue weighted by atomic mass is 9.79. The van der Waals surface area contributed by atoms with Crippen LogP contribution in [-0.4, -0.2) is 58.7 Å². The van der Waals surface area contributed by atoms with E-state index in [1.54, 1.807) is 0 Å². The van der Waals surface area contributed by atoms with Gasteiger partial charge in [-0.05, 0) is 19.8 Å². The van der Waals surface area contributed by atoms with Gasteiger partial charge in [-0.25, -0.2) is 9.98 Å². The molecule has 1 spiro atoms. The van der Waals surface area contributed by atoms with E-state index in [2.05, 4.69) is 25.5 Å². The largest absolute Gasteiger partial charge is 0.406 e. The average molecular weight is 386 g/mol. The Morgan fingerprint density at radius 3 is 2.96 bits per heavy atom. The van der Waals surface area contributed by atoms with Crippen molar-refractivity contribution in [1.82, 2.24) is 25.1 Å². The number of imidazole rings is 1. The molecule has 0 bridgehead atoms. The lowest BCUT2D eigenvalue weighted by molar-refractivity contribution is -0.141. The molecule has 3 rings (SSSR count). The Morgan fingerprint density at radius 2 is 2.30 bits per heavy atom. The monoisotopic (exact) mass is 386 g/mol. The van der Waals surface area contributed by atoms with E-state index in [1.165, 1.54) is 12.4 Å². The zero-order valence-electron chi connectivity index (χ0n) is 15.3. The van der Waals surface area contributed by atoms with Gasteiger partial charge >= 0.3 is 6.18 Å². The van der Waals surface area contributed by atoms with E-state index in [0.717, 1.165) is 24.0 Å². The van der Waals surface area contributed by atoms with Gasteiger partial charge in [0.2, 0.25) is 5.91 Å². The van der Waals surface area contributed by atoms with Crippen LogP contribution in [0.3, 0.4) is 0 Å². The van der Waals surface area contributed by atoms with Crippen LogP contribution < -0.4 is 10.6 Å². The quantitative estimate of drug-likeness (QED) is 0.608. The Labute approximate surface area is 156 Å². The zero-order chi connectivity index (χ0) is 19.5. The SMILES string of the molecule is CCNC(=NCc1nccn1CC(F)(F)F)N1CCCC2(CNC(=O)C2)C1. The fourth-order valence-corrected chi connectivity index (χ4v) is 3.83. The highest BCUT2D eigenvalue weighted by molar-refractivity contribution is 5.81. The second-order valence-corrected chi connectivity index (χ2v) is 7.24. The van der Waals surface area contributed by atoms with Crippen molar-refractivity contribution in [3.05, 3.63) is 18.2 Å². The van der Waals surface area contributed by atoms with Crippen molar-refractivity contribution in [2.24, 2.45) is 10.4 Å². The first-order chi connectivity index (χ1) is 12.8. The number of hydrogen-bond acceptors (Lipinski definition) is 3. The molecule has 27 heavy (non-hydrogen) atoms. The summed E-state index contributed by atoms with van der Waals surface area (Å²) >= 11 is 0. The maximum Gasteiger partial charge on any atom is 0.406 e. The summed E-state index contributed by atoms with van der Waals surface area (Å²) in [5.74, 6) is 0.998. The summed E-state index contributed by atoms with van der Waals surface area (Å²) in [6.07, 6.45) is 0.815. The van der Waals surface area contributed by atoms with E-state index in [4.69, 9.17) is 0 Å². The van der Waals surface area contributed by atoms with Gasteiger partial charge in [0.1, 0.15) is 18.9 Å². The van der Waals surface area contributed by atoms with Crippen LogP contribution in [0.2, 0.25) is 0 Å². The van der Waals surface area contributed by atoms with E-state index in [9.17, 15) is 18.0 Å². The fraction of sp³-hybridized carbons (Fsp3) is 0.706. The topological polar surface area (TPSA) is 74.6 Å². The van der Waals surface area contributed by atoms with Crippen LogP contribution in [0.1, 0.15) is 32.0 Å². The number of halogens is 3. The van der Waals surface area contributed by atoms with Crippen LogP contribution in [-0.2, 0) is 17.9 Å². The summed E-state index contributed by atoms with van der Waals surface area (Å²) < 4.78 is 39.1. The van der Waals surface area contributed by atoms with Crippen LogP contribution in [0.15, 0.2) is 17.4 Å². The minimum absolute atomic E-state index is 0.0616. The van der Waals surface area contributed by atoms with Crippen molar-refractivity contribution in [3.63, 3.8) is 0 Å². The zero-order valence-corrected chi connectivity index (χ0v) is 15.3. The Hall–Kier alpha value is -2.26. The lowest BCUT2D eigenvalue weighted by Crippen LogP contribution is -2.51. The molecule has 2 fully saturated rings. The maximum atomic E-state index is 12.7. The molecule has 0 radical (unpaired) electrons. The van der Waals surface area contributed by atoms with Gasteiger partial charge in [-0.1, -0.05) is 0 Å². The Bertz CT molecular complexity index is 701. The van der Waals surface area contributed by atoms with Gasteiger partial charge in [0.05, 0.1) is 0 Å². The molecule has 0 aromatic carbocycles. The normalized spacial score (nSPS) is 23.8. The Morgan fingerprint density at radius 1 is 1.48 bits per heavy atom. The first-order valence-electron chi connectivity index (χ1n) is 9.17. The predicted molar refractivity (Wildman–Crippen MR) is 94.0 cm³/mol. The summed E-state index contributed by atoms with van der Waals surface area (Å²) in [5.41, 5.74) is -0.0831. The Kier molecular flexibility index (Phi) is 5.61. The number of carbonyl (C=O) groups excluding carboxylic acids is 1. The first-order valence-corrected chi connectivity index (χ1v) is 9.17. The van der Waals surface area contributed by atoms with Gasteiger partial charge in [0.15, 0.2) is 5.96 Å². The van der Waals surface area contributed by atoms with Gasteiger partial charge in [-0.15, -0.1) is 0 Å². The minimum Gasteiger partial charge on any atom is -0.357 e. The molecule has 3 heterocycles. The molecule has 2 saturated heterocycles. The molecule has 1 unspecified atom stereocenters. The third kappa shape index (κ3) is 4.92. The molecular formula is C17H25F3N6O. The molecule has 1 aromatic rings. The van der Waals surface area contributed by atoms with Gasteiger partial charge in [-0.2, -0.15) is 13.2 Å². The summed E-state index contributed by atoms with van der Waals surface area (Å²) in [5, 5.41) is 6.12. The second-order valence-electron chi connectivity index (χ2n) is 7.24. The number of aromatic nitrogens is 2. The van der Waals surface area contributed by atoms with E-state index in [0.29, 0.717) is 32.0 Å². The molecule has 150 valence electrons. The molecule has 1 atom stereocenters. The van der Waals surface area contributed by atoms with Crippen LogP contribution in [0.25, 0.3) is 0 Å². The van der Waals surface area contributed by atoms with E-state index in [-0.39, 0.29) is 23.7 Å². The number of guanidine groups is 1. The van der Waals surface area contributed by atoms with Crippen LogP contribution >= 0.6 is 0 Å². The summed E-state index contributed by atoms with van der Waals surface area (Å²) in [6, 6.07) is 0. The number of likely N-dealkylation sites (tertiary alicyclic amines) is 1. The number of carbonyl (C=O) groups is 1. The molecule has 7 nitrogen and oxygen atoms in total. The van der Waals surface area contributed by atoms with Crippen LogP contribution in [0, 0.1) is 5.41 Å². The van der Waals surface area contributed by atoms with Crippen molar-refractivity contribution >= 4 is 11.9 Å². The van der Waals surface area contributed by atoms with E-state index < -0.39 is 12.7 Å². The molecular weight excluding hydrogens is 361 g/mol.